The molecule has 0 fully saturated rings. The van der Waals surface area contributed by atoms with Crippen molar-refractivity contribution < 1.29 is 14.6 Å². The van der Waals surface area contributed by atoms with Gasteiger partial charge in [-0.3, -0.25) is 0 Å². The summed E-state index contributed by atoms with van der Waals surface area (Å²) in [6, 6.07) is 5.14. The highest BCUT2D eigenvalue weighted by Crippen LogP contribution is 2.25. The molecule has 0 aliphatic rings. The number of hydrogen-bond donors (Lipinski definition) is 2. The Labute approximate surface area is 72.7 Å². The summed E-state index contributed by atoms with van der Waals surface area (Å²) in [6.07, 6.45) is 0. The van der Waals surface area contributed by atoms with Crippen LogP contribution in [-0.4, -0.2) is 10.2 Å². The molecule has 1 heterocycles. The van der Waals surface area contributed by atoms with Crippen LogP contribution < -0.4 is 5.63 Å². The van der Waals surface area contributed by atoms with Crippen molar-refractivity contribution in [1.82, 2.24) is 0 Å². The molecule has 66 valence electrons. The SMILES string of the molecule is O=c1cc(O)c2ccc(O)cc2o1. The molecule has 4 heteroatoms. The third kappa shape index (κ3) is 1.22. The maximum Gasteiger partial charge on any atom is 0.339 e. The van der Waals surface area contributed by atoms with Crippen molar-refractivity contribution in [2.45, 2.75) is 0 Å². The molecule has 2 rings (SSSR count). The summed E-state index contributed by atoms with van der Waals surface area (Å²) in [4.78, 5) is 10.8. The van der Waals surface area contributed by atoms with Crippen LogP contribution in [0.2, 0.25) is 0 Å². The molecule has 0 bridgehead atoms. The summed E-state index contributed by atoms with van der Waals surface area (Å²) in [5.74, 6) is -0.160. The molecule has 1 aromatic carbocycles. The van der Waals surface area contributed by atoms with Crippen molar-refractivity contribution in [2.24, 2.45) is 0 Å². The van der Waals surface area contributed by atoms with Crippen LogP contribution in [0, 0.1) is 0 Å². The number of aromatic hydroxyl groups is 2. The minimum Gasteiger partial charge on any atom is -0.508 e. The van der Waals surface area contributed by atoms with E-state index in [1.54, 1.807) is 0 Å². The van der Waals surface area contributed by atoms with Gasteiger partial charge in [0.1, 0.15) is 17.1 Å². The van der Waals surface area contributed by atoms with Gasteiger partial charge in [-0.25, -0.2) is 4.79 Å². The Kier molecular flexibility index (Phi) is 1.48. The second kappa shape index (κ2) is 2.52. The zero-order valence-electron chi connectivity index (χ0n) is 6.52. The van der Waals surface area contributed by atoms with Crippen LogP contribution in [0.3, 0.4) is 0 Å². The van der Waals surface area contributed by atoms with E-state index in [0.29, 0.717) is 5.39 Å². The van der Waals surface area contributed by atoms with E-state index in [-0.39, 0.29) is 17.1 Å². The monoisotopic (exact) mass is 178 g/mol. The number of benzene rings is 1. The minimum absolute atomic E-state index is 0.0127. The molecule has 13 heavy (non-hydrogen) atoms. The van der Waals surface area contributed by atoms with Gasteiger partial charge in [-0.05, 0) is 12.1 Å². The van der Waals surface area contributed by atoms with Gasteiger partial charge in [0, 0.05) is 6.07 Å². The molecule has 0 saturated carbocycles. The molecule has 0 radical (unpaired) electrons. The molecule has 0 unspecified atom stereocenters. The van der Waals surface area contributed by atoms with Gasteiger partial charge in [-0.2, -0.15) is 0 Å². The van der Waals surface area contributed by atoms with Crippen LogP contribution >= 0.6 is 0 Å². The van der Waals surface area contributed by atoms with Gasteiger partial charge in [0.15, 0.2) is 0 Å². The second-order valence-corrected chi connectivity index (χ2v) is 2.63. The van der Waals surface area contributed by atoms with E-state index in [0.717, 1.165) is 6.07 Å². The Bertz CT molecular complexity index is 512. The summed E-state index contributed by atoms with van der Waals surface area (Å²) in [7, 11) is 0. The topological polar surface area (TPSA) is 70.7 Å². The highest BCUT2D eigenvalue weighted by atomic mass is 16.4. The standard InChI is InChI=1S/C9H6O4/c10-5-1-2-6-7(11)4-9(12)13-8(6)3-5/h1-4,10-11H. The maximum atomic E-state index is 10.8. The zero-order valence-corrected chi connectivity index (χ0v) is 6.52. The van der Waals surface area contributed by atoms with E-state index in [1.165, 1.54) is 18.2 Å². The largest absolute Gasteiger partial charge is 0.508 e. The molecule has 0 aliphatic heterocycles. The quantitative estimate of drug-likeness (QED) is 0.594. The first-order chi connectivity index (χ1) is 6.16. The normalized spacial score (nSPS) is 10.5. The zero-order chi connectivity index (χ0) is 9.42. The van der Waals surface area contributed by atoms with Crippen molar-refractivity contribution in [3.63, 3.8) is 0 Å². The van der Waals surface area contributed by atoms with Gasteiger partial charge in [0.25, 0.3) is 0 Å². The van der Waals surface area contributed by atoms with Crippen LogP contribution in [0.5, 0.6) is 11.5 Å². The van der Waals surface area contributed by atoms with Crippen molar-refractivity contribution in [3.05, 3.63) is 34.7 Å². The van der Waals surface area contributed by atoms with Crippen molar-refractivity contribution in [1.29, 1.82) is 0 Å². The molecule has 2 aromatic rings. The van der Waals surface area contributed by atoms with Crippen LogP contribution in [0.15, 0.2) is 33.5 Å². The lowest BCUT2D eigenvalue weighted by atomic mass is 10.2. The lowest BCUT2D eigenvalue weighted by Crippen LogP contribution is -1.94. The van der Waals surface area contributed by atoms with E-state index in [4.69, 9.17) is 9.52 Å². The van der Waals surface area contributed by atoms with E-state index in [1.807, 2.05) is 0 Å². The smallest absolute Gasteiger partial charge is 0.339 e. The Morgan fingerprint density at radius 2 is 1.92 bits per heavy atom. The summed E-state index contributed by atoms with van der Waals surface area (Å²) >= 11 is 0. The number of hydrogen-bond acceptors (Lipinski definition) is 4. The number of rotatable bonds is 0. The van der Waals surface area contributed by atoms with Crippen molar-refractivity contribution in [2.75, 3.05) is 0 Å². The average Bonchev–Trinajstić information content (AvgIpc) is 2.02. The highest BCUT2D eigenvalue weighted by molar-refractivity contribution is 5.83. The second-order valence-electron chi connectivity index (χ2n) is 2.63. The number of phenols is 1. The molecule has 1 aromatic heterocycles. The third-order valence-corrected chi connectivity index (χ3v) is 1.71. The molecule has 0 saturated heterocycles. The first-order valence-corrected chi connectivity index (χ1v) is 3.62. The van der Waals surface area contributed by atoms with Crippen molar-refractivity contribution in [3.8, 4) is 11.5 Å². The molecule has 0 spiro atoms. The first kappa shape index (κ1) is 7.67. The fraction of sp³-hybridized carbons (Fsp3) is 0. The number of fused-ring (bicyclic) bond motifs is 1. The third-order valence-electron chi connectivity index (χ3n) is 1.71. The summed E-state index contributed by atoms with van der Waals surface area (Å²) < 4.78 is 4.75. The van der Waals surface area contributed by atoms with E-state index < -0.39 is 5.63 Å². The Morgan fingerprint density at radius 3 is 2.69 bits per heavy atom. The van der Waals surface area contributed by atoms with Gasteiger partial charge in [0.2, 0.25) is 0 Å². The predicted octanol–water partition coefficient (Wildman–Crippen LogP) is 1.20. The summed E-state index contributed by atoms with van der Waals surface area (Å²) in [5, 5.41) is 18.8. The van der Waals surface area contributed by atoms with Gasteiger partial charge in [-0.15, -0.1) is 0 Å². The van der Waals surface area contributed by atoms with Gasteiger partial charge >= 0.3 is 5.63 Å². The van der Waals surface area contributed by atoms with Crippen LogP contribution in [0.25, 0.3) is 11.0 Å². The van der Waals surface area contributed by atoms with Crippen LogP contribution in [-0.2, 0) is 0 Å². The summed E-state index contributed by atoms with van der Waals surface area (Å²) in [5.41, 5.74) is -0.472. The van der Waals surface area contributed by atoms with Crippen LogP contribution in [0.4, 0.5) is 0 Å². The van der Waals surface area contributed by atoms with E-state index >= 15 is 0 Å². The van der Waals surface area contributed by atoms with Crippen LogP contribution in [0.1, 0.15) is 0 Å². The van der Waals surface area contributed by atoms with Gasteiger partial charge in [0.05, 0.1) is 11.5 Å². The maximum absolute atomic E-state index is 10.8. The van der Waals surface area contributed by atoms with Gasteiger partial charge in [-0.1, -0.05) is 0 Å². The van der Waals surface area contributed by atoms with E-state index in [9.17, 15) is 9.90 Å². The fourth-order valence-electron chi connectivity index (χ4n) is 1.13. The Balaban J connectivity index is 2.94. The molecule has 4 nitrogen and oxygen atoms in total. The molecule has 0 atom stereocenters. The van der Waals surface area contributed by atoms with Gasteiger partial charge < -0.3 is 14.6 Å². The van der Waals surface area contributed by atoms with E-state index in [2.05, 4.69) is 0 Å². The molecule has 0 aliphatic carbocycles. The molecule has 0 amide bonds. The summed E-state index contributed by atoms with van der Waals surface area (Å²) in [6.45, 7) is 0. The average molecular weight is 178 g/mol. The minimum atomic E-state index is -0.643. The molecular formula is C9H6O4. The van der Waals surface area contributed by atoms with Crippen molar-refractivity contribution >= 4 is 11.0 Å². The Morgan fingerprint density at radius 1 is 1.15 bits per heavy atom. The molecule has 2 N–H and O–H groups in total. The number of phenolic OH excluding ortho intramolecular Hbond substituents is 1. The Hall–Kier alpha value is -1.97. The first-order valence-electron chi connectivity index (χ1n) is 3.62. The lowest BCUT2D eigenvalue weighted by Gasteiger charge is -1.98. The molecular weight excluding hydrogens is 172 g/mol. The fourth-order valence-corrected chi connectivity index (χ4v) is 1.13. The highest BCUT2D eigenvalue weighted by Gasteiger charge is 2.03. The predicted molar refractivity (Wildman–Crippen MR) is 45.8 cm³/mol. The lowest BCUT2D eigenvalue weighted by molar-refractivity contribution is 0.462.